The third-order valence-corrected chi connectivity index (χ3v) is 5.53. The summed E-state index contributed by atoms with van der Waals surface area (Å²) in [5, 5.41) is 7.51. The fourth-order valence-electron chi connectivity index (χ4n) is 3.89. The molecule has 0 aromatic carbocycles. The van der Waals surface area contributed by atoms with Gasteiger partial charge in [0.05, 0.1) is 13.2 Å². The van der Waals surface area contributed by atoms with Gasteiger partial charge in [0.25, 0.3) is 0 Å². The summed E-state index contributed by atoms with van der Waals surface area (Å²) in [6.45, 7) is 6.29. The molecule has 4 nitrogen and oxygen atoms in total. The van der Waals surface area contributed by atoms with Crippen molar-refractivity contribution in [2.24, 2.45) is 5.92 Å². The zero-order valence-corrected chi connectivity index (χ0v) is 13.1. The van der Waals surface area contributed by atoms with Crippen molar-refractivity contribution in [3.63, 3.8) is 0 Å². The van der Waals surface area contributed by atoms with E-state index in [1.807, 2.05) is 0 Å². The maximum Gasteiger partial charge on any atom is 0.0623 e. The minimum Gasteiger partial charge on any atom is -0.379 e. The highest BCUT2D eigenvalue weighted by atomic mass is 16.5. The van der Waals surface area contributed by atoms with Gasteiger partial charge in [-0.15, -0.1) is 0 Å². The summed E-state index contributed by atoms with van der Waals surface area (Å²) in [5.74, 6) is 0.758. The van der Waals surface area contributed by atoms with Gasteiger partial charge in [0, 0.05) is 37.3 Å². The summed E-state index contributed by atoms with van der Waals surface area (Å²) in [6, 6.07) is 2.77. The lowest BCUT2D eigenvalue weighted by atomic mass is 9.94. The van der Waals surface area contributed by atoms with Crippen LogP contribution < -0.4 is 10.6 Å². The van der Waals surface area contributed by atoms with Crippen molar-refractivity contribution in [2.75, 3.05) is 33.4 Å². The van der Waals surface area contributed by atoms with Crippen LogP contribution in [0.25, 0.3) is 0 Å². The van der Waals surface area contributed by atoms with E-state index in [-0.39, 0.29) is 0 Å². The summed E-state index contributed by atoms with van der Waals surface area (Å²) < 4.78 is 5.65. The molecule has 0 aromatic heterocycles. The lowest BCUT2D eigenvalue weighted by Gasteiger charge is -2.34. The van der Waals surface area contributed by atoms with Crippen LogP contribution in [0.2, 0.25) is 0 Å². The summed E-state index contributed by atoms with van der Waals surface area (Å²) in [4.78, 5) is 2.55. The standard InChI is InChI=1S/C16H31N3O/c1-12(19(2)13-6-7-13)10-18-15-5-3-4-14(15)16-11-20-9-8-17-16/h12-18H,3-11H2,1-2H3. The minimum absolute atomic E-state index is 0.570. The molecule has 1 saturated heterocycles. The van der Waals surface area contributed by atoms with Crippen molar-refractivity contribution in [1.29, 1.82) is 0 Å². The van der Waals surface area contributed by atoms with Crippen LogP contribution in [0.3, 0.4) is 0 Å². The molecule has 0 radical (unpaired) electrons. The topological polar surface area (TPSA) is 36.5 Å². The minimum atomic E-state index is 0.570. The van der Waals surface area contributed by atoms with Crippen LogP contribution >= 0.6 is 0 Å². The predicted octanol–water partition coefficient (Wildman–Crippen LogP) is 1.22. The third-order valence-electron chi connectivity index (χ3n) is 5.53. The number of morpholine rings is 1. The molecule has 3 rings (SSSR count). The van der Waals surface area contributed by atoms with Crippen LogP contribution in [0.15, 0.2) is 0 Å². The zero-order chi connectivity index (χ0) is 13.9. The molecule has 0 spiro atoms. The number of hydrogen-bond donors (Lipinski definition) is 2. The molecule has 116 valence electrons. The Balaban J connectivity index is 1.45. The first-order valence-electron chi connectivity index (χ1n) is 8.52. The van der Waals surface area contributed by atoms with Crippen LogP contribution in [0.5, 0.6) is 0 Å². The molecule has 1 aliphatic heterocycles. The highest BCUT2D eigenvalue weighted by molar-refractivity contribution is 4.93. The zero-order valence-electron chi connectivity index (χ0n) is 13.1. The third kappa shape index (κ3) is 3.53. The van der Waals surface area contributed by atoms with Crippen molar-refractivity contribution in [3.8, 4) is 0 Å². The van der Waals surface area contributed by atoms with Crippen LogP contribution in [-0.4, -0.2) is 62.4 Å². The Bertz CT molecular complexity index is 302. The molecule has 4 unspecified atom stereocenters. The van der Waals surface area contributed by atoms with E-state index >= 15 is 0 Å². The average Bonchev–Trinajstić information content (AvgIpc) is 3.23. The van der Waals surface area contributed by atoms with E-state index in [9.17, 15) is 0 Å². The molecular weight excluding hydrogens is 250 g/mol. The number of nitrogens with zero attached hydrogens (tertiary/aromatic N) is 1. The van der Waals surface area contributed by atoms with Gasteiger partial charge in [0.15, 0.2) is 0 Å². The second-order valence-electron chi connectivity index (χ2n) is 6.99. The number of likely N-dealkylation sites (N-methyl/N-ethyl adjacent to an activating group) is 1. The Labute approximate surface area is 123 Å². The van der Waals surface area contributed by atoms with Gasteiger partial charge in [-0.3, -0.25) is 4.90 Å². The molecule has 3 fully saturated rings. The van der Waals surface area contributed by atoms with Crippen molar-refractivity contribution in [3.05, 3.63) is 0 Å². The van der Waals surface area contributed by atoms with Crippen LogP contribution in [0.1, 0.15) is 39.0 Å². The summed E-state index contributed by atoms with van der Waals surface area (Å²) in [6.07, 6.45) is 6.86. The monoisotopic (exact) mass is 281 g/mol. The highest BCUT2D eigenvalue weighted by Gasteiger charge is 2.35. The first kappa shape index (κ1) is 14.8. The number of hydrogen-bond acceptors (Lipinski definition) is 4. The van der Waals surface area contributed by atoms with E-state index in [0.29, 0.717) is 18.1 Å². The van der Waals surface area contributed by atoms with Gasteiger partial charge in [-0.05, 0) is 45.6 Å². The normalized spacial score (nSPS) is 36.5. The lowest BCUT2D eigenvalue weighted by Crippen LogP contribution is -2.52. The maximum atomic E-state index is 5.65. The lowest BCUT2D eigenvalue weighted by molar-refractivity contribution is 0.0520. The Morgan fingerprint density at radius 2 is 2.15 bits per heavy atom. The molecule has 1 heterocycles. The SMILES string of the molecule is CC(CNC1CCCC1C1COCCN1)N(C)C1CC1. The second-order valence-corrected chi connectivity index (χ2v) is 6.99. The molecule has 2 N–H and O–H groups in total. The highest BCUT2D eigenvalue weighted by Crippen LogP contribution is 2.30. The van der Waals surface area contributed by atoms with Gasteiger partial charge in [0.2, 0.25) is 0 Å². The second kappa shape index (κ2) is 6.73. The fraction of sp³-hybridized carbons (Fsp3) is 1.00. The summed E-state index contributed by atoms with van der Waals surface area (Å²) >= 11 is 0. The van der Waals surface area contributed by atoms with Gasteiger partial charge in [-0.2, -0.15) is 0 Å². The first-order valence-corrected chi connectivity index (χ1v) is 8.52. The van der Waals surface area contributed by atoms with E-state index in [2.05, 4.69) is 29.5 Å². The van der Waals surface area contributed by atoms with Crippen LogP contribution in [-0.2, 0) is 4.74 Å². The molecule has 0 amide bonds. The Morgan fingerprint density at radius 1 is 1.30 bits per heavy atom. The van der Waals surface area contributed by atoms with Crippen molar-refractivity contribution < 1.29 is 4.74 Å². The maximum absolute atomic E-state index is 5.65. The molecule has 3 aliphatic rings. The molecule has 0 bridgehead atoms. The van der Waals surface area contributed by atoms with E-state index in [1.54, 1.807) is 0 Å². The summed E-state index contributed by atoms with van der Waals surface area (Å²) in [5.41, 5.74) is 0. The smallest absolute Gasteiger partial charge is 0.0623 e. The number of ether oxygens (including phenoxy) is 1. The predicted molar refractivity (Wildman–Crippen MR) is 82.0 cm³/mol. The molecule has 0 aromatic rings. The fourth-order valence-corrected chi connectivity index (χ4v) is 3.89. The Morgan fingerprint density at radius 3 is 2.85 bits per heavy atom. The van der Waals surface area contributed by atoms with Gasteiger partial charge < -0.3 is 15.4 Å². The van der Waals surface area contributed by atoms with Crippen molar-refractivity contribution in [1.82, 2.24) is 15.5 Å². The van der Waals surface area contributed by atoms with Crippen molar-refractivity contribution in [2.45, 2.75) is 63.2 Å². The molecule has 2 saturated carbocycles. The quantitative estimate of drug-likeness (QED) is 0.767. The van der Waals surface area contributed by atoms with Gasteiger partial charge in [-0.1, -0.05) is 6.42 Å². The van der Waals surface area contributed by atoms with Crippen molar-refractivity contribution >= 4 is 0 Å². The van der Waals surface area contributed by atoms with Gasteiger partial charge in [-0.25, -0.2) is 0 Å². The Kier molecular flexibility index (Phi) is 4.97. The Hall–Kier alpha value is -0.160. The van der Waals surface area contributed by atoms with Gasteiger partial charge >= 0.3 is 0 Å². The number of rotatable bonds is 6. The molecule has 4 atom stereocenters. The summed E-state index contributed by atoms with van der Waals surface area (Å²) in [7, 11) is 2.28. The first-order chi connectivity index (χ1) is 9.75. The molecule has 2 aliphatic carbocycles. The van der Waals surface area contributed by atoms with Crippen LogP contribution in [0.4, 0.5) is 0 Å². The number of nitrogens with one attached hydrogen (secondary N) is 2. The average molecular weight is 281 g/mol. The largest absolute Gasteiger partial charge is 0.379 e. The van der Waals surface area contributed by atoms with Crippen LogP contribution in [0, 0.1) is 5.92 Å². The molecule has 4 heteroatoms. The molecular formula is C16H31N3O. The van der Waals surface area contributed by atoms with E-state index < -0.39 is 0 Å². The van der Waals surface area contributed by atoms with E-state index in [0.717, 1.165) is 38.3 Å². The van der Waals surface area contributed by atoms with E-state index in [1.165, 1.54) is 32.1 Å². The molecule has 20 heavy (non-hydrogen) atoms. The van der Waals surface area contributed by atoms with E-state index in [4.69, 9.17) is 4.74 Å². The van der Waals surface area contributed by atoms with Gasteiger partial charge in [0.1, 0.15) is 0 Å².